The van der Waals surface area contributed by atoms with Gasteiger partial charge in [-0.1, -0.05) is 42.5 Å². The molecule has 0 aromatic heterocycles. The number of carbonyl (C=O) groups excluding carboxylic acids is 1. The highest BCUT2D eigenvalue weighted by Crippen LogP contribution is 2.45. The Morgan fingerprint density at radius 3 is 2.81 bits per heavy atom. The number of hydrogen-bond donors (Lipinski definition) is 0. The van der Waals surface area contributed by atoms with E-state index in [1.807, 2.05) is 0 Å². The van der Waals surface area contributed by atoms with Gasteiger partial charge in [0.05, 0.1) is 42.6 Å². The lowest BCUT2D eigenvalue weighted by atomic mass is 9.79. The lowest BCUT2D eigenvalue weighted by Crippen LogP contribution is -2.56. The molecule has 0 radical (unpaired) electrons. The first-order chi connectivity index (χ1) is 23.4. The second-order valence-corrected chi connectivity index (χ2v) is 14.4. The van der Waals surface area contributed by atoms with Gasteiger partial charge in [-0.25, -0.2) is 9.38 Å². The monoisotopic (exact) mass is 668 g/mol. The SMILES string of the molecule is C=CC(=O)N1CCN(C2=C(CC#N)C(OC[C@@]34CCCN3C[C@H](F)C4)=NC3C=C(c4cccc5c4CCCC5)C(Cl)=CC23)C[C@@H]1CC#N. The smallest absolute Gasteiger partial charge is 0.246 e. The maximum Gasteiger partial charge on any atom is 0.246 e. The van der Waals surface area contributed by atoms with Gasteiger partial charge in [0.15, 0.2) is 0 Å². The number of halogens is 2. The summed E-state index contributed by atoms with van der Waals surface area (Å²) in [6, 6.07) is 10.4. The average Bonchev–Trinajstić information content (AvgIpc) is 3.62. The molecule has 2 unspecified atom stereocenters. The van der Waals surface area contributed by atoms with Crippen LogP contribution in [0.2, 0.25) is 0 Å². The molecule has 2 aliphatic carbocycles. The van der Waals surface area contributed by atoms with E-state index < -0.39 is 6.17 Å². The summed E-state index contributed by atoms with van der Waals surface area (Å²) in [6.45, 7) is 6.61. The van der Waals surface area contributed by atoms with Crippen molar-refractivity contribution in [2.45, 2.75) is 81.6 Å². The van der Waals surface area contributed by atoms with Crippen molar-refractivity contribution < 1.29 is 13.9 Å². The number of carbonyl (C=O) groups is 1. The first-order valence-electron chi connectivity index (χ1n) is 17.3. The third-order valence-electron chi connectivity index (χ3n) is 11.2. The standard InChI is InChI=1S/C38H42ClFN6O2/c1-2-35(47)46-18-17-44(23-27(46)11-14-41)36-30(12-15-42)37(48-24-38-13-6-16-45(38)22-26(40)21-38)43-34-20-31(33(39)19-32(34)36)29-10-5-8-25-7-3-4-9-28(25)29/h2,5,8,10,19-20,26-27,32,34H,1,3-4,6-7,9,11-13,16-18,21-24H2/t26-,27+,32?,34?,38+/m1/s1. The number of rotatable bonds is 7. The van der Waals surface area contributed by atoms with Gasteiger partial charge in [-0.3, -0.25) is 9.69 Å². The van der Waals surface area contributed by atoms with Gasteiger partial charge < -0.3 is 14.5 Å². The molecule has 48 heavy (non-hydrogen) atoms. The summed E-state index contributed by atoms with van der Waals surface area (Å²) in [4.78, 5) is 24.1. The predicted octanol–water partition coefficient (Wildman–Crippen LogP) is 5.86. The van der Waals surface area contributed by atoms with Crippen molar-refractivity contribution in [2.24, 2.45) is 10.9 Å². The van der Waals surface area contributed by atoms with E-state index >= 15 is 0 Å². The molecule has 4 aliphatic heterocycles. The minimum atomic E-state index is -0.879. The molecular weight excluding hydrogens is 627 g/mol. The Balaban J connectivity index is 1.29. The fourth-order valence-corrected chi connectivity index (χ4v) is 9.32. The number of aliphatic imine (C=N–C) groups is 1. The molecule has 250 valence electrons. The molecule has 5 atom stereocenters. The van der Waals surface area contributed by atoms with E-state index in [0.29, 0.717) is 55.7 Å². The number of benzene rings is 1. The van der Waals surface area contributed by atoms with Gasteiger partial charge in [0.2, 0.25) is 11.8 Å². The summed E-state index contributed by atoms with van der Waals surface area (Å²) in [5, 5.41) is 20.5. The average molecular weight is 669 g/mol. The summed E-state index contributed by atoms with van der Waals surface area (Å²) >= 11 is 7.19. The highest BCUT2D eigenvalue weighted by Gasteiger charge is 2.50. The van der Waals surface area contributed by atoms with Crippen molar-refractivity contribution in [1.29, 1.82) is 10.5 Å². The van der Waals surface area contributed by atoms with E-state index in [2.05, 4.69) is 58.9 Å². The second-order valence-electron chi connectivity index (χ2n) is 14.0. The van der Waals surface area contributed by atoms with Gasteiger partial charge in [0.1, 0.15) is 12.8 Å². The van der Waals surface area contributed by atoms with E-state index in [1.165, 1.54) is 23.6 Å². The molecule has 3 fully saturated rings. The Kier molecular flexibility index (Phi) is 9.20. The van der Waals surface area contributed by atoms with Gasteiger partial charge in [-0.15, -0.1) is 0 Å². The van der Waals surface area contributed by atoms with Crippen molar-refractivity contribution in [1.82, 2.24) is 14.7 Å². The summed E-state index contributed by atoms with van der Waals surface area (Å²) < 4.78 is 21.3. The van der Waals surface area contributed by atoms with Crippen molar-refractivity contribution in [2.75, 3.05) is 39.3 Å². The number of alkyl halides is 1. The van der Waals surface area contributed by atoms with Crippen LogP contribution in [0.3, 0.4) is 0 Å². The Labute approximate surface area is 287 Å². The van der Waals surface area contributed by atoms with E-state index in [-0.39, 0.29) is 42.3 Å². The number of nitrogens with zero attached hydrogens (tertiary/aromatic N) is 6. The molecule has 8 nitrogen and oxygen atoms in total. The minimum Gasteiger partial charge on any atom is -0.476 e. The molecule has 10 heteroatoms. The molecule has 1 amide bonds. The van der Waals surface area contributed by atoms with E-state index in [1.54, 1.807) is 4.90 Å². The Morgan fingerprint density at radius 1 is 1.15 bits per heavy atom. The number of piperazine rings is 1. The van der Waals surface area contributed by atoms with Crippen LogP contribution in [0.1, 0.15) is 61.6 Å². The molecule has 3 saturated heterocycles. The number of ether oxygens (including phenoxy) is 1. The fraction of sp³-hybridized carbons (Fsp3) is 0.526. The summed E-state index contributed by atoms with van der Waals surface area (Å²) in [5.41, 5.74) is 6.06. The quantitative estimate of drug-likeness (QED) is 0.338. The van der Waals surface area contributed by atoms with E-state index in [4.69, 9.17) is 21.3 Å². The Morgan fingerprint density at radius 2 is 2.00 bits per heavy atom. The molecule has 1 aromatic rings. The highest BCUT2D eigenvalue weighted by atomic mass is 35.5. The van der Waals surface area contributed by atoms with Crippen LogP contribution in [0.4, 0.5) is 4.39 Å². The van der Waals surface area contributed by atoms with Crippen molar-refractivity contribution in [3.05, 3.63) is 76.0 Å². The Bertz CT molecular complexity index is 1700. The van der Waals surface area contributed by atoms with E-state index in [9.17, 15) is 19.7 Å². The number of fused-ring (bicyclic) bond motifs is 3. The van der Waals surface area contributed by atoms with Crippen LogP contribution in [-0.2, 0) is 22.4 Å². The minimum absolute atomic E-state index is 0.0722. The van der Waals surface area contributed by atoms with Crippen LogP contribution < -0.4 is 0 Å². The van der Waals surface area contributed by atoms with Gasteiger partial charge >= 0.3 is 0 Å². The Hall–Kier alpha value is -3.92. The fourth-order valence-electron chi connectivity index (χ4n) is 9.02. The van der Waals surface area contributed by atoms with Crippen LogP contribution in [0.15, 0.2) is 64.3 Å². The number of nitriles is 2. The van der Waals surface area contributed by atoms with Crippen molar-refractivity contribution >= 4 is 29.0 Å². The van der Waals surface area contributed by atoms with Crippen LogP contribution in [0, 0.1) is 28.6 Å². The van der Waals surface area contributed by atoms with Gasteiger partial charge in [0.25, 0.3) is 0 Å². The number of amides is 1. The molecular formula is C38H42ClFN6O2. The van der Waals surface area contributed by atoms with Crippen LogP contribution in [0.5, 0.6) is 0 Å². The highest BCUT2D eigenvalue weighted by molar-refractivity contribution is 6.37. The maximum absolute atomic E-state index is 14.7. The maximum atomic E-state index is 14.7. The molecule has 4 heterocycles. The lowest BCUT2D eigenvalue weighted by molar-refractivity contribution is -0.130. The molecule has 0 N–H and O–H groups in total. The topological polar surface area (TPSA) is 96.0 Å². The predicted molar refractivity (Wildman–Crippen MR) is 183 cm³/mol. The molecule has 7 rings (SSSR count). The number of dihydropyridines is 1. The van der Waals surface area contributed by atoms with Crippen molar-refractivity contribution in [3.63, 3.8) is 0 Å². The van der Waals surface area contributed by atoms with Gasteiger partial charge in [-0.05, 0) is 79.5 Å². The zero-order valence-electron chi connectivity index (χ0n) is 27.3. The number of hydrogen-bond acceptors (Lipinski definition) is 7. The summed E-state index contributed by atoms with van der Waals surface area (Å²) in [7, 11) is 0. The molecule has 6 aliphatic rings. The molecule has 0 bridgehead atoms. The number of allylic oxidation sites excluding steroid dienone is 2. The van der Waals surface area contributed by atoms with Crippen molar-refractivity contribution in [3.8, 4) is 12.1 Å². The second kappa shape index (κ2) is 13.5. The molecule has 1 aromatic carbocycles. The van der Waals surface area contributed by atoms with Crippen LogP contribution >= 0.6 is 11.6 Å². The number of aryl methyl sites for hydroxylation is 1. The third-order valence-corrected chi connectivity index (χ3v) is 11.6. The normalized spacial score (nSPS) is 29.9. The zero-order chi connectivity index (χ0) is 33.4. The first-order valence-corrected chi connectivity index (χ1v) is 17.7. The zero-order valence-corrected chi connectivity index (χ0v) is 28.1. The van der Waals surface area contributed by atoms with Crippen LogP contribution in [0.25, 0.3) is 5.57 Å². The molecule has 0 spiro atoms. The molecule has 0 saturated carbocycles. The first kappa shape index (κ1) is 32.6. The van der Waals surface area contributed by atoms with Crippen LogP contribution in [-0.4, -0.2) is 89.6 Å². The summed E-state index contributed by atoms with van der Waals surface area (Å²) in [6.07, 6.45) is 11.6. The van der Waals surface area contributed by atoms with Gasteiger partial charge in [0, 0.05) is 54.8 Å². The summed E-state index contributed by atoms with van der Waals surface area (Å²) in [5.74, 6) is -0.0330. The van der Waals surface area contributed by atoms with Gasteiger partial charge in [-0.2, -0.15) is 10.5 Å². The van der Waals surface area contributed by atoms with E-state index in [0.717, 1.165) is 55.5 Å². The third kappa shape index (κ3) is 5.86. The largest absolute Gasteiger partial charge is 0.476 e. The lowest BCUT2D eigenvalue weighted by Gasteiger charge is -2.46.